The Morgan fingerprint density at radius 1 is 1.33 bits per heavy atom. The molecule has 3 rings (SSSR count). The third-order valence-electron chi connectivity index (χ3n) is 4.02. The van der Waals surface area contributed by atoms with E-state index < -0.39 is 15.6 Å². The van der Waals surface area contributed by atoms with Crippen LogP contribution in [0.2, 0.25) is 0 Å². The van der Waals surface area contributed by atoms with Crippen molar-refractivity contribution in [3.05, 3.63) is 18.2 Å². The molecule has 1 aliphatic carbocycles. The van der Waals surface area contributed by atoms with Crippen molar-refractivity contribution in [2.75, 3.05) is 13.1 Å². The largest absolute Gasteiger partial charge is 0.444 e. The molecule has 1 aromatic heterocycles. The number of ether oxygens (including phenoxy) is 1. The van der Waals surface area contributed by atoms with Crippen molar-refractivity contribution in [3.8, 4) is 0 Å². The van der Waals surface area contributed by atoms with Crippen molar-refractivity contribution in [2.45, 2.75) is 56.6 Å². The van der Waals surface area contributed by atoms with E-state index in [1.165, 1.54) is 6.07 Å². The molecule has 2 aromatic rings. The van der Waals surface area contributed by atoms with Gasteiger partial charge in [-0.05, 0) is 52.2 Å². The number of hydrogen-bond donors (Lipinski definition) is 1. The average Bonchev–Trinajstić information content (AvgIpc) is 3.28. The van der Waals surface area contributed by atoms with Gasteiger partial charge in [0.1, 0.15) is 21.5 Å². The lowest BCUT2D eigenvalue weighted by molar-refractivity contribution is 0.0232. The maximum atomic E-state index is 12.6. The summed E-state index contributed by atoms with van der Waals surface area (Å²) in [7, 11) is -3.69. The van der Waals surface area contributed by atoms with Crippen LogP contribution in [0.1, 0.15) is 40.0 Å². The highest BCUT2D eigenvalue weighted by atomic mass is 32.2. The highest BCUT2D eigenvalue weighted by Crippen LogP contribution is 2.28. The fourth-order valence-electron chi connectivity index (χ4n) is 2.66. The summed E-state index contributed by atoms with van der Waals surface area (Å²) in [6, 6.07) is 5.09. The Morgan fingerprint density at radius 3 is 2.74 bits per heavy atom. The second kappa shape index (κ2) is 7.69. The molecular formula is C17H24N4O4S2. The molecule has 0 atom stereocenters. The fraction of sp³-hybridized carbons (Fsp3) is 0.588. The third-order valence-corrected chi connectivity index (χ3v) is 6.06. The zero-order chi connectivity index (χ0) is 19.7. The van der Waals surface area contributed by atoms with Crippen molar-refractivity contribution in [1.82, 2.24) is 18.4 Å². The second-order valence-corrected chi connectivity index (χ2v) is 9.81. The number of nitrogens with one attached hydrogen (secondary N) is 1. The minimum Gasteiger partial charge on any atom is -0.444 e. The molecule has 0 aliphatic heterocycles. The van der Waals surface area contributed by atoms with Gasteiger partial charge in [0.15, 0.2) is 0 Å². The van der Waals surface area contributed by atoms with Crippen molar-refractivity contribution in [1.29, 1.82) is 0 Å². The Bertz CT molecular complexity index is 916. The summed E-state index contributed by atoms with van der Waals surface area (Å²) in [5.74, 6) is 0. The number of benzene rings is 1. The van der Waals surface area contributed by atoms with E-state index in [4.69, 9.17) is 4.74 Å². The van der Waals surface area contributed by atoms with Gasteiger partial charge in [0.2, 0.25) is 10.0 Å². The zero-order valence-corrected chi connectivity index (χ0v) is 17.3. The number of rotatable bonds is 7. The first-order chi connectivity index (χ1) is 12.7. The number of amides is 1. The predicted octanol–water partition coefficient (Wildman–Crippen LogP) is 2.76. The Hall–Kier alpha value is -1.78. The first-order valence-corrected chi connectivity index (χ1v) is 11.1. The van der Waals surface area contributed by atoms with Crippen molar-refractivity contribution >= 4 is 38.9 Å². The first-order valence-electron chi connectivity index (χ1n) is 8.88. The topological polar surface area (TPSA) is 101 Å². The van der Waals surface area contributed by atoms with Crippen LogP contribution in [0, 0.1) is 0 Å². The summed E-state index contributed by atoms with van der Waals surface area (Å²) in [4.78, 5) is 14.1. The van der Waals surface area contributed by atoms with Crippen LogP contribution in [-0.4, -0.2) is 52.9 Å². The van der Waals surface area contributed by atoms with E-state index >= 15 is 0 Å². The standard InChI is InChI=1S/C17H24N4O4S2/c1-17(2,3)25-16(22)21(12-8-9-12)11-5-10-18-27(23,24)14-7-4-6-13-15(14)20-26-19-13/h4,6-7,12,18H,5,8-11H2,1-3H3. The summed E-state index contributed by atoms with van der Waals surface area (Å²) in [6.07, 6.45) is 2.08. The van der Waals surface area contributed by atoms with Gasteiger partial charge >= 0.3 is 6.09 Å². The maximum Gasteiger partial charge on any atom is 0.410 e. The number of aromatic nitrogens is 2. The van der Waals surface area contributed by atoms with Gasteiger partial charge in [0.25, 0.3) is 0 Å². The molecule has 1 fully saturated rings. The minimum absolute atomic E-state index is 0.125. The van der Waals surface area contributed by atoms with Crippen LogP contribution in [0.25, 0.3) is 11.0 Å². The van der Waals surface area contributed by atoms with Crippen LogP contribution < -0.4 is 4.72 Å². The normalized spacial score (nSPS) is 15.1. The van der Waals surface area contributed by atoms with Crippen LogP contribution in [0.4, 0.5) is 4.79 Å². The lowest BCUT2D eigenvalue weighted by atomic mass is 10.2. The summed E-state index contributed by atoms with van der Waals surface area (Å²) < 4.78 is 41.3. The molecular weight excluding hydrogens is 388 g/mol. The monoisotopic (exact) mass is 412 g/mol. The lowest BCUT2D eigenvalue weighted by Gasteiger charge is -2.27. The number of nitrogens with zero attached hydrogens (tertiary/aromatic N) is 3. The molecule has 1 amide bonds. The number of hydrogen-bond acceptors (Lipinski definition) is 7. The maximum absolute atomic E-state index is 12.6. The molecule has 1 heterocycles. The van der Waals surface area contributed by atoms with Crippen LogP contribution in [0.15, 0.2) is 23.1 Å². The van der Waals surface area contributed by atoms with Gasteiger partial charge in [-0.2, -0.15) is 8.75 Å². The quantitative estimate of drug-likeness (QED) is 0.702. The molecule has 1 N–H and O–H groups in total. The van der Waals surface area contributed by atoms with Crippen LogP contribution in [-0.2, 0) is 14.8 Å². The predicted molar refractivity (Wildman–Crippen MR) is 103 cm³/mol. The molecule has 8 nitrogen and oxygen atoms in total. The molecule has 0 radical (unpaired) electrons. The lowest BCUT2D eigenvalue weighted by Crippen LogP contribution is -2.39. The highest BCUT2D eigenvalue weighted by molar-refractivity contribution is 7.89. The smallest absolute Gasteiger partial charge is 0.410 e. The molecule has 1 aromatic carbocycles. The molecule has 0 unspecified atom stereocenters. The fourth-order valence-corrected chi connectivity index (χ4v) is 4.50. The van der Waals surface area contributed by atoms with E-state index in [1.807, 2.05) is 20.8 Å². The van der Waals surface area contributed by atoms with Gasteiger partial charge < -0.3 is 9.64 Å². The summed E-state index contributed by atoms with van der Waals surface area (Å²) in [5.41, 5.74) is 0.391. The summed E-state index contributed by atoms with van der Waals surface area (Å²) in [5, 5.41) is 0. The van der Waals surface area contributed by atoms with Crippen molar-refractivity contribution in [2.24, 2.45) is 0 Å². The first kappa shape index (κ1) is 20.0. The van der Waals surface area contributed by atoms with E-state index in [-0.39, 0.29) is 23.6 Å². The van der Waals surface area contributed by atoms with Crippen LogP contribution in [0.3, 0.4) is 0 Å². The van der Waals surface area contributed by atoms with Gasteiger partial charge in [-0.25, -0.2) is 17.9 Å². The van der Waals surface area contributed by atoms with E-state index in [0.29, 0.717) is 24.0 Å². The second-order valence-electron chi connectivity index (χ2n) is 7.54. The molecule has 10 heteroatoms. The van der Waals surface area contributed by atoms with E-state index in [9.17, 15) is 13.2 Å². The van der Waals surface area contributed by atoms with Crippen LogP contribution in [0.5, 0.6) is 0 Å². The SMILES string of the molecule is CC(C)(C)OC(=O)N(CCCNS(=O)(=O)c1cccc2nsnc12)C1CC1. The average molecular weight is 413 g/mol. The highest BCUT2D eigenvalue weighted by Gasteiger charge is 2.34. The third kappa shape index (κ3) is 5.14. The van der Waals surface area contributed by atoms with Gasteiger partial charge in [0, 0.05) is 19.1 Å². The molecule has 0 spiro atoms. The number of carbonyl (C=O) groups is 1. The van der Waals surface area contributed by atoms with E-state index in [1.54, 1.807) is 17.0 Å². The zero-order valence-electron chi connectivity index (χ0n) is 15.6. The summed E-state index contributed by atoms with van der Waals surface area (Å²) >= 11 is 0.983. The minimum atomic E-state index is -3.69. The number of fused-ring (bicyclic) bond motifs is 1. The molecule has 0 bridgehead atoms. The van der Waals surface area contributed by atoms with Gasteiger partial charge in [-0.15, -0.1) is 0 Å². The number of sulfonamides is 1. The van der Waals surface area contributed by atoms with Gasteiger partial charge in [0.05, 0.1) is 11.7 Å². The number of carbonyl (C=O) groups excluding carboxylic acids is 1. The van der Waals surface area contributed by atoms with Crippen molar-refractivity contribution in [3.63, 3.8) is 0 Å². The molecule has 0 saturated heterocycles. The van der Waals surface area contributed by atoms with Crippen LogP contribution >= 0.6 is 11.7 Å². The molecule has 27 heavy (non-hydrogen) atoms. The van der Waals surface area contributed by atoms with Crippen molar-refractivity contribution < 1.29 is 17.9 Å². The van der Waals surface area contributed by atoms with E-state index in [0.717, 1.165) is 24.6 Å². The Kier molecular flexibility index (Phi) is 5.68. The summed E-state index contributed by atoms with van der Waals surface area (Å²) in [6.45, 7) is 6.17. The Balaban J connectivity index is 1.57. The van der Waals surface area contributed by atoms with Gasteiger partial charge in [-0.3, -0.25) is 0 Å². The molecule has 1 aliphatic rings. The van der Waals surface area contributed by atoms with Gasteiger partial charge in [-0.1, -0.05) is 6.07 Å². The molecule has 148 valence electrons. The molecule has 1 saturated carbocycles. The Morgan fingerprint density at radius 2 is 2.07 bits per heavy atom. The van der Waals surface area contributed by atoms with E-state index in [2.05, 4.69) is 13.5 Å². The Labute approximate surface area is 163 Å².